The molecule has 112 valence electrons. The number of hydrogen-bond acceptors (Lipinski definition) is 4. The van der Waals surface area contributed by atoms with Crippen LogP contribution in [-0.2, 0) is 9.47 Å². The summed E-state index contributed by atoms with van der Waals surface area (Å²) in [6.45, 7) is 9.19. The number of nitrogens with zero attached hydrogens (tertiary/aromatic N) is 1. The van der Waals surface area contributed by atoms with E-state index < -0.39 is 17.7 Å². The molecule has 1 heterocycles. The van der Waals surface area contributed by atoms with Crippen molar-refractivity contribution in [1.29, 1.82) is 0 Å². The Hall–Kier alpha value is -1.30. The number of methoxy groups -OCH3 is 1. The van der Waals surface area contributed by atoms with E-state index in [1.54, 1.807) is 26.8 Å². The van der Waals surface area contributed by atoms with Crippen LogP contribution in [0.15, 0.2) is 10.5 Å². The largest absolute Gasteiger partial charge is 0.464 e. The Labute approximate surface area is 127 Å². The third-order valence-electron chi connectivity index (χ3n) is 2.51. The third kappa shape index (κ3) is 3.62. The Bertz CT molecular complexity index is 526. The van der Waals surface area contributed by atoms with Crippen LogP contribution in [0.2, 0.25) is 0 Å². The maximum Gasteiger partial charge on any atom is 0.419 e. The highest BCUT2D eigenvalue weighted by atomic mass is 79.9. The monoisotopic (exact) mass is 345 g/mol. The van der Waals surface area contributed by atoms with Crippen LogP contribution >= 0.6 is 15.9 Å². The molecule has 1 aromatic heterocycles. The van der Waals surface area contributed by atoms with Crippen LogP contribution in [0.1, 0.15) is 56.7 Å². The van der Waals surface area contributed by atoms with Crippen LogP contribution in [0.3, 0.4) is 0 Å². The molecule has 0 fully saturated rings. The molecular weight excluding hydrogens is 326 g/mol. The lowest BCUT2D eigenvalue weighted by Gasteiger charge is -2.22. The number of ether oxygens (including phenoxy) is 2. The molecule has 0 unspecified atom stereocenters. The molecular formula is C14H20BrNO4. The number of aromatic nitrogens is 1. The summed E-state index contributed by atoms with van der Waals surface area (Å²) in [6, 6.07) is 1.57. The zero-order chi connectivity index (χ0) is 15.7. The first-order valence-electron chi connectivity index (χ1n) is 6.31. The Morgan fingerprint density at radius 1 is 1.30 bits per heavy atom. The van der Waals surface area contributed by atoms with Crippen molar-refractivity contribution in [2.75, 3.05) is 7.11 Å². The number of carbonyl (C=O) groups excluding carboxylic acids is 2. The fraction of sp³-hybridized carbons (Fsp3) is 0.571. The van der Waals surface area contributed by atoms with Gasteiger partial charge >= 0.3 is 12.1 Å². The minimum atomic E-state index is -0.643. The SMILES string of the molecule is COC(=O)c1cc(Br)c(C(C)C)n1C(=O)OC(C)(C)C. The maximum absolute atomic E-state index is 12.4. The highest BCUT2D eigenvalue weighted by molar-refractivity contribution is 9.10. The molecule has 6 heteroatoms. The molecule has 0 bridgehead atoms. The Morgan fingerprint density at radius 3 is 2.25 bits per heavy atom. The van der Waals surface area contributed by atoms with Gasteiger partial charge in [0.2, 0.25) is 0 Å². The molecule has 1 rings (SSSR count). The number of carbonyl (C=O) groups is 2. The van der Waals surface area contributed by atoms with E-state index in [-0.39, 0.29) is 11.6 Å². The predicted molar refractivity (Wildman–Crippen MR) is 79.2 cm³/mol. The molecule has 20 heavy (non-hydrogen) atoms. The fourth-order valence-corrected chi connectivity index (χ4v) is 2.64. The first-order chi connectivity index (χ1) is 9.08. The van der Waals surface area contributed by atoms with Crippen molar-refractivity contribution in [2.45, 2.75) is 46.1 Å². The molecule has 0 atom stereocenters. The van der Waals surface area contributed by atoms with Gasteiger partial charge in [-0.1, -0.05) is 13.8 Å². The average Bonchev–Trinajstić information content (AvgIpc) is 2.63. The molecule has 0 spiro atoms. The van der Waals surface area contributed by atoms with Gasteiger partial charge < -0.3 is 9.47 Å². The lowest BCUT2D eigenvalue weighted by Crippen LogP contribution is -2.30. The molecule has 0 aliphatic heterocycles. The molecule has 5 nitrogen and oxygen atoms in total. The average molecular weight is 346 g/mol. The Kier molecular flexibility index (Phi) is 5.02. The van der Waals surface area contributed by atoms with E-state index in [2.05, 4.69) is 15.9 Å². The van der Waals surface area contributed by atoms with Gasteiger partial charge in [-0.25, -0.2) is 14.2 Å². The molecule has 0 aromatic carbocycles. The van der Waals surface area contributed by atoms with Gasteiger partial charge in [0.05, 0.1) is 7.11 Å². The number of esters is 1. The Balaban J connectivity index is 3.40. The summed E-state index contributed by atoms with van der Waals surface area (Å²) in [4.78, 5) is 24.2. The summed E-state index contributed by atoms with van der Waals surface area (Å²) in [5, 5.41) is 0. The van der Waals surface area contributed by atoms with Crippen molar-refractivity contribution in [3.05, 3.63) is 21.9 Å². The highest BCUT2D eigenvalue weighted by Crippen LogP contribution is 2.30. The van der Waals surface area contributed by atoms with E-state index in [9.17, 15) is 9.59 Å². The van der Waals surface area contributed by atoms with Gasteiger partial charge in [-0.2, -0.15) is 0 Å². The predicted octanol–water partition coefficient (Wildman–Crippen LogP) is 3.94. The molecule has 0 amide bonds. The first-order valence-corrected chi connectivity index (χ1v) is 7.10. The van der Waals surface area contributed by atoms with Crippen molar-refractivity contribution >= 4 is 28.0 Å². The summed E-state index contributed by atoms with van der Waals surface area (Å²) in [5.41, 5.74) is 0.187. The topological polar surface area (TPSA) is 57.5 Å². The van der Waals surface area contributed by atoms with Crippen molar-refractivity contribution < 1.29 is 19.1 Å². The smallest absolute Gasteiger partial charge is 0.419 e. The molecule has 1 aromatic rings. The fourth-order valence-electron chi connectivity index (χ4n) is 1.79. The summed E-state index contributed by atoms with van der Waals surface area (Å²) >= 11 is 3.38. The lowest BCUT2D eigenvalue weighted by molar-refractivity contribution is 0.0478. The zero-order valence-electron chi connectivity index (χ0n) is 12.6. The van der Waals surface area contributed by atoms with Gasteiger partial charge in [0.15, 0.2) is 0 Å². The second-order valence-corrected chi connectivity index (χ2v) is 6.58. The van der Waals surface area contributed by atoms with E-state index in [1.807, 2.05) is 13.8 Å². The highest BCUT2D eigenvalue weighted by Gasteiger charge is 2.28. The standard InChI is InChI=1S/C14H20BrNO4/c1-8(2)11-9(15)7-10(12(17)19-6)16(11)13(18)20-14(3,4)5/h7-8H,1-6H3. The Morgan fingerprint density at radius 2 is 1.85 bits per heavy atom. The zero-order valence-corrected chi connectivity index (χ0v) is 14.2. The molecule has 0 N–H and O–H groups in total. The van der Waals surface area contributed by atoms with Crippen molar-refractivity contribution in [1.82, 2.24) is 4.57 Å². The molecule has 0 aliphatic rings. The second kappa shape index (κ2) is 5.99. The van der Waals surface area contributed by atoms with Gasteiger partial charge in [0.1, 0.15) is 11.3 Å². The molecule has 0 radical (unpaired) electrons. The van der Waals surface area contributed by atoms with Gasteiger partial charge in [-0.15, -0.1) is 0 Å². The lowest BCUT2D eigenvalue weighted by atomic mass is 10.1. The van der Waals surface area contributed by atoms with Gasteiger partial charge in [0.25, 0.3) is 0 Å². The van der Waals surface area contributed by atoms with Crippen molar-refractivity contribution in [3.8, 4) is 0 Å². The number of rotatable bonds is 2. The van der Waals surface area contributed by atoms with Crippen molar-refractivity contribution in [2.24, 2.45) is 0 Å². The first kappa shape index (κ1) is 16.8. The normalized spacial score (nSPS) is 11.6. The molecule has 0 aliphatic carbocycles. The van der Waals surface area contributed by atoms with Gasteiger partial charge in [0, 0.05) is 10.2 Å². The van der Waals surface area contributed by atoms with E-state index >= 15 is 0 Å². The van der Waals surface area contributed by atoms with E-state index in [0.29, 0.717) is 10.2 Å². The van der Waals surface area contributed by atoms with Crippen LogP contribution in [-0.4, -0.2) is 29.3 Å². The minimum Gasteiger partial charge on any atom is -0.464 e. The quantitative estimate of drug-likeness (QED) is 0.761. The summed E-state index contributed by atoms with van der Waals surface area (Å²) in [5.74, 6) is -0.543. The van der Waals surface area contributed by atoms with Crippen LogP contribution in [0.25, 0.3) is 0 Å². The van der Waals surface area contributed by atoms with Crippen LogP contribution < -0.4 is 0 Å². The van der Waals surface area contributed by atoms with Gasteiger partial charge in [-0.3, -0.25) is 0 Å². The van der Waals surface area contributed by atoms with Gasteiger partial charge in [-0.05, 0) is 48.7 Å². The van der Waals surface area contributed by atoms with E-state index in [4.69, 9.17) is 9.47 Å². The van der Waals surface area contributed by atoms with E-state index in [1.165, 1.54) is 11.7 Å². The molecule has 0 saturated heterocycles. The summed E-state index contributed by atoms with van der Waals surface area (Å²) in [6.07, 6.45) is -0.590. The van der Waals surface area contributed by atoms with E-state index in [0.717, 1.165) is 0 Å². The van der Waals surface area contributed by atoms with Crippen molar-refractivity contribution in [3.63, 3.8) is 0 Å². The third-order valence-corrected chi connectivity index (χ3v) is 3.14. The minimum absolute atomic E-state index is 0.0373. The number of halogens is 1. The maximum atomic E-state index is 12.4. The van der Waals surface area contributed by atoms with Crippen LogP contribution in [0, 0.1) is 0 Å². The van der Waals surface area contributed by atoms with Crippen LogP contribution in [0.4, 0.5) is 4.79 Å². The summed E-state index contributed by atoms with van der Waals surface area (Å²) in [7, 11) is 1.28. The second-order valence-electron chi connectivity index (χ2n) is 5.72. The summed E-state index contributed by atoms with van der Waals surface area (Å²) < 4.78 is 12.0. The van der Waals surface area contributed by atoms with Crippen LogP contribution in [0.5, 0.6) is 0 Å². The number of hydrogen-bond donors (Lipinski definition) is 0. The molecule has 0 saturated carbocycles.